The molecule has 0 fully saturated rings. The molecular weight excluding hydrogens is 645 g/mol. The fourth-order valence-corrected chi connectivity index (χ4v) is 5.32. The van der Waals surface area contributed by atoms with Gasteiger partial charge in [0, 0.05) is 9.86 Å². The molecule has 0 aliphatic carbocycles. The highest BCUT2D eigenvalue weighted by atomic mass is 79.9. The second-order valence-electron chi connectivity index (χ2n) is 9.21. The Morgan fingerprint density at radius 1 is 1.02 bits per heavy atom. The van der Waals surface area contributed by atoms with Crippen LogP contribution in [0.5, 0.6) is 5.75 Å². The number of hydrogen-bond acceptors (Lipinski definition) is 6. The summed E-state index contributed by atoms with van der Waals surface area (Å²) in [5.41, 5.74) is 2.21. The first-order valence-corrected chi connectivity index (χ1v) is 14.0. The standard InChI is InChI=1S/C31H18BrCl2N3O5/c32-21-9-10-26-20(13-21)14-27(42-26)29-36-25-4-2-1-3-22(25)30(38)37(29)35-15-18-11-23(33)28(24(34)12-18)41-16-17-5-7-19(8-6-17)31(39)40/h1-15H,16H2,(H,39,40). The van der Waals surface area contributed by atoms with Crippen molar-refractivity contribution in [3.63, 3.8) is 0 Å². The molecule has 6 rings (SSSR count). The molecule has 8 nitrogen and oxygen atoms in total. The van der Waals surface area contributed by atoms with Crippen LogP contribution < -0.4 is 10.3 Å². The van der Waals surface area contributed by atoms with E-state index in [1.165, 1.54) is 23.0 Å². The molecule has 11 heteroatoms. The van der Waals surface area contributed by atoms with Crippen molar-refractivity contribution in [2.24, 2.45) is 5.10 Å². The number of fused-ring (bicyclic) bond motifs is 2. The van der Waals surface area contributed by atoms with E-state index in [2.05, 4.69) is 21.0 Å². The zero-order chi connectivity index (χ0) is 29.4. The third kappa shape index (κ3) is 5.54. The number of aromatic carboxylic acids is 1. The van der Waals surface area contributed by atoms with E-state index in [-0.39, 0.29) is 39.3 Å². The van der Waals surface area contributed by atoms with Crippen molar-refractivity contribution in [1.82, 2.24) is 9.66 Å². The molecule has 2 heterocycles. The van der Waals surface area contributed by atoms with Gasteiger partial charge >= 0.3 is 5.97 Å². The lowest BCUT2D eigenvalue weighted by Crippen LogP contribution is -2.20. The summed E-state index contributed by atoms with van der Waals surface area (Å²) >= 11 is 16.5. The van der Waals surface area contributed by atoms with Gasteiger partial charge in [-0.05, 0) is 71.8 Å². The summed E-state index contributed by atoms with van der Waals surface area (Å²) in [5.74, 6) is -0.144. The van der Waals surface area contributed by atoms with Gasteiger partial charge in [-0.1, -0.05) is 63.4 Å². The summed E-state index contributed by atoms with van der Waals surface area (Å²) in [6.07, 6.45) is 1.45. The summed E-state index contributed by atoms with van der Waals surface area (Å²) in [4.78, 5) is 29.3. The second kappa shape index (κ2) is 11.4. The van der Waals surface area contributed by atoms with Gasteiger partial charge in [-0.2, -0.15) is 9.78 Å². The van der Waals surface area contributed by atoms with Crippen molar-refractivity contribution in [1.29, 1.82) is 0 Å². The van der Waals surface area contributed by atoms with Crippen molar-refractivity contribution >= 4 is 73.2 Å². The van der Waals surface area contributed by atoms with Gasteiger partial charge in [0.15, 0.2) is 11.5 Å². The maximum absolute atomic E-state index is 13.5. The first kappa shape index (κ1) is 27.7. The van der Waals surface area contributed by atoms with Crippen LogP contribution in [-0.2, 0) is 6.61 Å². The van der Waals surface area contributed by atoms with Gasteiger partial charge in [-0.15, -0.1) is 0 Å². The quantitative estimate of drug-likeness (QED) is 0.173. The molecule has 0 aliphatic heterocycles. The predicted molar refractivity (Wildman–Crippen MR) is 166 cm³/mol. The van der Waals surface area contributed by atoms with E-state index in [9.17, 15) is 9.59 Å². The van der Waals surface area contributed by atoms with Crippen molar-refractivity contribution in [3.05, 3.63) is 126 Å². The van der Waals surface area contributed by atoms with Crippen LogP contribution in [0.2, 0.25) is 10.0 Å². The normalized spacial score (nSPS) is 11.5. The topological polar surface area (TPSA) is 107 Å². The zero-order valence-corrected chi connectivity index (χ0v) is 24.5. The van der Waals surface area contributed by atoms with Crippen molar-refractivity contribution in [3.8, 4) is 17.3 Å². The van der Waals surface area contributed by atoms with Crippen LogP contribution in [0, 0.1) is 0 Å². The minimum atomic E-state index is -1.01. The zero-order valence-electron chi connectivity index (χ0n) is 21.4. The molecule has 0 radical (unpaired) electrons. The number of furan rings is 1. The SMILES string of the molecule is O=C(O)c1ccc(COc2c(Cl)cc(C=Nn3c(-c4cc5cc(Br)ccc5o4)nc4ccccc4c3=O)cc2Cl)cc1. The van der Waals surface area contributed by atoms with E-state index in [0.717, 1.165) is 15.4 Å². The maximum Gasteiger partial charge on any atom is 0.335 e. The number of nitrogens with zero attached hydrogens (tertiary/aromatic N) is 3. The highest BCUT2D eigenvalue weighted by Gasteiger charge is 2.17. The molecule has 6 aromatic rings. The van der Waals surface area contributed by atoms with Crippen LogP contribution in [0.4, 0.5) is 0 Å². The average Bonchev–Trinajstić information content (AvgIpc) is 3.39. The Morgan fingerprint density at radius 3 is 2.50 bits per heavy atom. The molecule has 1 N–H and O–H groups in total. The van der Waals surface area contributed by atoms with Gasteiger partial charge in [0.1, 0.15) is 12.2 Å². The summed E-state index contributed by atoms with van der Waals surface area (Å²) < 4.78 is 13.9. The van der Waals surface area contributed by atoms with Crippen LogP contribution in [0.1, 0.15) is 21.5 Å². The van der Waals surface area contributed by atoms with E-state index < -0.39 is 5.97 Å². The molecule has 0 aliphatic rings. The fraction of sp³-hybridized carbons (Fsp3) is 0.0323. The van der Waals surface area contributed by atoms with Gasteiger partial charge in [0.2, 0.25) is 5.82 Å². The number of carbonyl (C=O) groups is 1. The maximum atomic E-state index is 13.5. The van der Waals surface area contributed by atoms with Gasteiger partial charge in [0.05, 0.1) is 32.7 Å². The number of ether oxygens (including phenoxy) is 1. The molecule has 0 unspecified atom stereocenters. The van der Waals surface area contributed by atoms with Crippen molar-refractivity contribution < 1.29 is 19.1 Å². The third-order valence-electron chi connectivity index (χ3n) is 6.38. The van der Waals surface area contributed by atoms with Gasteiger partial charge < -0.3 is 14.3 Å². The first-order valence-electron chi connectivity index (χ1n) is 12.5. The molecule has 4 aromatic carbocycles. The molecule has 42 heavy (non-hydrogen) atoms. The highest BCUT2D eigenvalue weighted by molar-refractivity contribution is 9.10. The number of carboxylic acids is 1. The van der Waals surface area contributed by atoms with Gasteiger partial charge in [0.25, 0.3) is 5.56 Å². The molecule has 0 spiro atoms. The minimum Gasteiger partial charge on any atom is -0.486 e. The van der Waals surface area contributed by atoms with Crippen LogP contribution >= 0.6 is 39.1 Å². The van der Waals surface area contributed by atoms with E-state index in [0.29, 0.717) is 27.8 Å². The summed E-state index contributed by atoms with van der Waals surface area (Å²) in [7, 11) is 0. The average molecular weight is 663 g/mol. The monoisotopic (exact) mass is 661 g/mol. The van der Waals surface area contributed by atoms with E-state index in [4.69, 9.17) is 42.4 Å². The number of para-hydroxylation sites is 1. The highest BCUT2D eigenvalue weighted by Crippen LogP contribution is 2.35. The number of halogens is 3. The van der Waals surface area contributed by atoms with E-state index in [1.807, 2.05) is 18.2 Å². The Balaban J connectivity index is 1.34. The lowest BCUT2D eigenvalue weighted by atomic mass is 10.1. The Morgan fingerprint density at radius 2 is 1.76 bits per heavy atom. The lowest BCUT2D eigenvalue weighted by Gasteiger charge is -2.11. The van der Waals surface area contributed by atoms with Gasteiger partial charge in [-0.3, -0.25) is 4.79 Å². The molecule has 0 atom stereocenters. The summed E-state index contributed by atoms with van der Waals surface area (Å²) in [6, 6.07) is 23.9. The number of rotatable bonds is 7. The molecular formula is C31H18BrCl2N3O5. The largest absolute Gasteiger partial charge is 0.486 e. The van der Waals surface area contributed by atoms with E-state index >= 15 is 0 Å². The smallest absolute Gasteiger partial charge is 0.335 e. The van der Waals surface area contributed by atoms with Crippen molar-refractivity contribution in [2.45, 2.75) is 6.61 Å². The fourth-order valence-electron chi connectivity index (χ4n) is 4.33. The Hall–Kier alpha value is -4.44. The number of carboxylic acid groups (broad SMARTS) is 1. The number of aromatic nitrogens is 2. The minimum absolute atomic E-state index is 0.127. The Labute approximate surface area is 256 Å². The molecule has 0 saturated heterocycles. The van der Waals surface area contributed by atoms with Crippen LogP contribution in [-0.4, -0.2) is 27.0 Å². The lowest BCUT2D eigenvalue weighted by molar-refractivity contribution is 0.0697. The molecule has 0 bridgehead atoms. The third-order valence-corrected chi connectivity index (χ3v) is 7.43. The first-order chi connectivity index (χ1) is 20.3. The Bertz CT molecular complexity index is 2060. The Kier molecular flexibility index (Phi) is 7.55. The van der Waals surface area contributed by atoms with Crippen LogP contribution in [0.15, 0.2) is 104 Å². The van der Waals surface area contributed by atoms with Gasteiger partial charge in [-0.25, -0.2) is 9.78 Å². The predicted octanol–water partition coefficient (Wildman–Crippen LogP) is 8.04. The summed E-state index contributed by atoms with van der Waals surface area (Å²) in [6.45, 7) is 0.127. The molecule has 208 valence electrons. The molecule has 0 saturated carbocycles. The van der Waals surface area contributed by atoms with Crippen LogP contribution in [0.3, 0.4) is 0 Å². The summed E-state index contributed by atoms with van der Waals surface area (Å²) in [5, 5.41) is 15.2. The van der Waals surface area contributed by atoms with Crippen molar-refractivity contribution in [2.75, 3.05) is 0 Å². The number of benzene rings is 4. The second-order valence-corrected chi connectivity index (χ2v) is 10.9. The van der Waals surface area contributed by atoms with E-state index in [1.54, 1.807) is 54.6 Å². The van der Waals surface area contributed by atoms with Crippen LogP contribution in [0.25, 0.3) is 33.5 Å². The number of hydrogen-bond donors (Lipinski definition) is 1. The molecule has 2 aromatic heterocycles. The molecule has 0 amide bonds.